The van der Waals surface area contributed by atoms with E-state index in [0.29, 0.717) is 10.4 Å². The highest BCUT2D eigenvalue weighted by atomic mass is 35.5. The molecule has 2 aliphatic rings. The first-order valence-corrected chi connectivity index (χ1v) is 7.25. The first-order valence-electron chi connectivity index (χ1n) is 5.51. The van der Waals surface area contributed by atoms with Crippen LogP contribution in [0.2, 0.25) is 10.0 Å². The minimum Gasteiger partial charge on any atom is -0.316 e. The number of thioether (sulfide) groups is 1. The van der Waals surface area contributed by atoms with Crippen LogP contribution >= 0.6 is 35.0 Å². The fraction of sp³-hybridized carbons (Fsp3) is 0.500. The number of halogens is 2. The second-order valence-electron chi connectivity index (χ2n) is 4.73. The summed E-state index contributed by atoms with van der Waals surface area (Å²) in [5.41, 5.74) is 1.67. The highest BCUT2D eigenvalue weighted by Crippen LogP contribution is 2.46. The Morgan fingerprint density at radius 2 is 2.19 bits per heavy atom. The molecule has 1 nitrogen and oxygen atoms in total. The molecule has 0 amide bonds. The van der Waals surface area contributed by atoms with E-state index in [1.54, 1.807) is 0 Å². The average molecular weight is 274 g/mol. The molecule has 1 aromatic carbocycles. The molecule has 86 valence electrons. The van der Waals surface area contributed by atoms with Crippen molar-refractivity contribution in [2.45, 2.75) is 17.7 Å². The van der Waals surface area contributed by atoms with Crippen molar-refractivity contribution in [1.29, 1.82) is 0 Å². The van der Waals surface area contributed by atoms with E-state index in [1.807, 2.05) is 17.8 Å². The molecule has 1 fully saturated rings. The number of hydrogen-bond acceptors (Lipinski definition) is 2. The van der Waals surface area contributed by atoms with E-state index in [0.717, 1.165) is 24.5 Å². The topological polar surface area (TPSA) is 12.0 Å². The molecule has 1 N–H and O–H groups in total. The van der Waals surface area contributed by atoms with Gasteiger partial charge in [0.1, 0.15) is 0 Å². The lowest BCUT2D eigenvalue weighted by Gasteiger charge is -2.34. The lowest BCUT2D eigenvalue weighted by molar-refractivity contribution is 0.364. The van der Waals surface area contributed by atoms with Crippen LogP contribution in [0.1, 0.15) is 12.0 Å². The first kappa shape index (κ1) is 11.2. The van der Waals surface area contributed by atoms with Gasteiger partial charge >= 0.3 is 0 Å². The number of nitrogens with one attached hydrogen (secondary N) is 1. The maximum atomic E-state index is 6.31. The summed E-state index contributed by atoms with van der Waals surface area (Å²) in [6.45, 7) is 2.25. The standard InChI is InChI=1S/C12H13Cl2NS/c13-9-1-2-10-8(11(9)14)5-12(7-16-10)3-4-15-6-12/h1-2,15H,3-7H2. The van der Waals surface area contributed by atoms with E-state index in [4.69, 9.17) is 23.2 Å². The molecule has 0 aliphatic carbocycles. The van der Waals surface area contributed by atoms with E-state index in [2.05, 4.69) is 11.4 Å². The van der Waals surface area contributed by atoms with Gasteiger partial charge in [0.2, 0.25) is 0 Å². The zero-order chi connectivity index (χ0) is 11.2. The van der Waals surface area contributed by atoms with E-state index < -0.39 is 0 Å². The molecular weight excluding hydrogens is 261 g/mol. The van der Waals surface area contributed by atoms with Crippen molar-refractivity contribution >= 4 is 35.0 Å². The van der Waals surface area contributed by atoms with E-state index in [1.165, 1.54) is 22.6 Å². The SMILES string of the molecule is Clc1ccc2c(c1Cl)CC1(CCNC1)CS2. The van der Waals surface area contributed by atoms with Gasteiger partial charge in [-0.15, -0.1) is 11.8 Å². The van der Waals surface area contributed by atoms with Crippen molar-refractivity contribution < 1.29 is 0 Å². The molecule has 2 aliphatic heterocycles. The fourth-order valence-electron chi connectivity index (χ4n) is 2.60. The van der Waals surface area contributed by atoms with Crippen LogP contribution in [0.5, 0.6) is 0 Å². The third-order valence-corrected chi connectivity index (χ3v) is 5.86. The predicted octanol–water partition coefficient (Wildman–Crippen LogP) is 3.62. The number of fused-ring (bicyclic) bond motifs is 1. The zero-order valence-corrected chi connectivity index (χ0v) is 11.2. The Hall–Kier alpha value is 0.110. The van der Waals surface area contributed by atoms with Gasteiger partial charge in [-0.05, 0) is 42.5 Å². The monoisotopic (exact) mass is 273 g/mol. The Morgan fingerprint density at radius 3 is 2.94 bits per heavy atom. The van der Waals surface area contributed by atoms with Gasteiger partial charge in [-0.25, -0.2) is 0 Å². The van der Waals surface area contributed by atoms with Crippen molar-refractivity contribution in [3.05, 3.63) is 27.7 Å². The molecule has 0 radical (unpaired) electrons. The molecule has 0 bridgehead atoms. The lowest BCUT2D eigenvalue weighted by Crippen LogP contribution is -2.32. The smallest absolute Gasteiger partial charge is 0.0635 e. The molecule has 3 rings (SSSR count). The molecule has 0 saturated carbocycles. The summed E-state index contributed by atoms with van der Waals surface area (Å²) in [6, 6.07) is 4.00. The summed E-state index contributed by atoms with van der Waals surface area (Å²) in [7, 11) is 0. The fourth-order valence-corrected chi connectivity index (χ4v) is 4.39. The first-order chi connectivity index (χ1) is 7.70. The van der Waals surface area contributed by atoms with Crippen molar-refractivity contribution in [1.82, 2.24) is 5.32 Å². The Bertz CT molecular complexity index is 427. The molecule has 16 heavy (non-hydrogen) atoms. The van der Waals surface area contributed by atoms with Gasteiger partial charge in [-0.3, -0.25) is 0 Å². The quantitative estimate of drug-likeness (QED) is 0.775. The third kappa shape index (κ3) is 1.76. The van der Waals surface area contributed by atoms with Gasteiger partial charge in [0.25, 0.3) is 0 Å². The van der Waals surface area contributed by atoms with E-state index in [9.17, 15) is 0 Å². The van der Waals surface area contributed by atoms with Crippen molar-refractivity contribution in [3.63, 3.8) is 0 Å². The summed E-state index contributed by atoms with van der Waals surface area (Å²) in [5.74, 6) is 1.20. The van der Waals surface area contributed by atoms with Gasteiger partial charge in [-0.2, -0.15) is 0 Å². The van der Waals surface area contributed by atoms with Gasteiger partial charge in [-0.1, -0.05) is 23.2 Å². The number of hydrogen-bond donors (Lipinski definition) is 1. The number of rotatable bonds is 0. The van der Waals surface area contributed by atoms with Crippen molar-refractivity contribution in [2.24, 2.45) is 5.41 Å². The Labute approximate surface area is 110 Å². The van der Waals surface area contributed by atoms with Crippen LogP contribution in [-0.2, 0) is 6.42 Å². The number of benzene rings is 1. The molecule has 1 unspecified atom stereocenters. The molecule has 1 spiro atoms. The highest BCUT2D eigenvalue weighted by Gasteiger charge is 2.38. The van der Waals surface area contributed by atoms with Crippen LogP contribution in [0, 0.1) is 5.41 Å². The molecule has 1 atom stereocenters. The van der Waals surface area contributed by atoms with Gasteiger partial charge in [0.15, 0.2) is 0 Å². The van der Waals surface area contributed by atoms with Crippen LogP contribution in [0.3, 0.4) is 0 Å². The minimum absolute atomic E-state index is 0.409. The molecule has 4 heteroatoms. The Balaban J connectivity index is 2.01. The Kier molecular flexibility index (Phi) is 2.87. The molecule has 0 aromatic heterocycles. The Morgan fingerprint density at radius 1 is 1.31 bits per heavy atom. The van der Waals surface area contributed by atoms with Crippen LogP contribution in [0.4, 0.5) is 0 Å². The average Bonchev–Trinajstić information content (AvgIpc) is 2.73. The molecule has 1 aromatic rings. The highest BCUT2D eigenvalue weighted by molar-refractivity contribution is 7.99. The minimum atomic E-state index is 0.409. The summed E-state index contributed by atoms with van der Waals surface area (Å²) >= 11 is 14.3. The summed E-state index contributed by atoms with van der Waals surface area (Å²) in [4.78, 5) is 1.31. The largest absolute Gasteiger partial charge is 0.316 e. The van der Waals surface area contributed by atoms with Crippen LogP contribution < -0.4 is 5.32 Å². The van der Waals surface area contributed by atoms with E-state index in [-0.39, 0.29) is 0 Å². The van der Waals surface area contributed by atoms with Crippen molar-refractivity contribution in [3.8, 4) is 0 Å². The van der Waals surface area contributed by atoms with Crippen LogP contribution in [0.25, 0.3) is 0 Å². The lowest BCUT2D eigenvalue weighted by atomic mass is 9.82. The summed E-state index contributed by atoms with van der Waals surface area (Å²) in [6.07, 6.45) is 2.32. The molecular formula is C12H13Cl2NS. The molecule has 2 heterocycles. The van der Waals surface area contributed by atoms with E-state index >= 15 is 0 Å². The maximum Gasteiger partial charge on any atom is 0.0635 e. The molecule has 1 saturated heterocycles. The van der Waals surface area contributed by atoms with Gasteiger partial charge < -0.3 is 5.32 Å². The van der Waals surface area contributed by atoms with Crippen LogP contribution in [0.15, 0.2) is 17.0 Å². The second-order valence-corrected chi connectivity index (χ2v) is 6.53. The maximum absolute atomic E-state index is 6.31. The second kappa shape index (κ2) is 4.09. The summed E-state index contributed by atoms with van der Waals surface area (Å²) in [5, 5.41) is 4.90. The van der Waals surface area contributed by atoms with Crippen molar-refractivity contribution in [2.75, 3.05) is 18.8 Å². The summed E-state index contributed by atoms with van der Waals surface area (Å²) < 4.78 is 0. The third-order valence-electron chi connectivity index (χ3n) is 3.57. The van der Waals surface area contributed by atoms with Gasteiger partial charge in [0.05, 0.1) is 10.0 Å². The predicted molar refractivity (Wildman–Crippen MR) is 70.8 cm³/mol. The zero-order valence-electron chi connectivity index (χ0n) is 8.85. The normalized spacial score (nSPS) is 28.4. The van der Waals surface area contributed by atoms with Gasteiger partial charge in [0, 0.05) is 17.2 Å². The van der Waals surface area contributed by atoms with Crippen LogP contribution in [-0.4, -0.2) is 18.8 Å².